The van der Waals surface area contributed by atoms with E-state index < -0.39 is 0 Å². The second-order valence-corrected chi connectivity index (χ2v) is 5.19. The molecule has 2 heterocycles. The Kier molecular flexibility index (Phi) is 3.11. The van der Waals surface area contributed by atoms with Gasteiger partial charge in [-0.3, -0.25) is 10.2 Å². The molecule has 3 N–H and O–H groups in total. The normalized spacial score (nSPS) is 16.8. The molecular weight excluding hydrogens is 274 g/mol. The van der Waals surface area contributed by atoms with Crippen molar-refractivity contribution in [3.05, 3.63) is 35.0 Å². The fourth-order valence-electron chi connectivity index (χ4n) is 1.96. The third-order valence-corrected chi connectivity index (χ3v) is 3.69. The zero-order valence-electron chi connectivity index (χ0n) is 10.6. The van der Waals surface area contributed by atoms with Gasteiger partial charge in [-0.2, -0.15) is 0 Å². The zero-order valence-corrected chi connectivity index (χ0v) is 11.4. The SMILES string of the molecule is CNc1ncnc2ccc(/C=C3/SC(=N)NC3=O)cc12. The zero-order chi connectivity index (χ0) is 14.1. The highest BCUT2D eigenvalue weighted by Crippen LogP contribution is 2.27. The number of hydrogen-bond donors (Lipinski definition) is 3. The van der Waals surface area contributed by atoms with Crippen LogP contribution in [0.1, 0.15) is 5.56 Å². The highest BCUT2D eigenvalue weighted by Gasteiger charge is 2.22. The fraction of sp³-hybridized carbons (Fsp3) is 0.0769. The minimum Gasteiger partial charge on any atom is -0.373 e. The Morgan fingerprint density at radius 2 is 2.25 bits per heavy atom. The van der Waals surface area contributed by atoms with Crippen LogP contribution < -0.4 is 10.6 Å². The first kappa shape index (κ1) is 12.6. The summed E-state index contributed by atoms with van der Waals surface area (Å²) in [6.07, 6.45) is 3.27. The van der Waals surface area contributed by atoms with Gasteiger partial charge in [-0.1, -0.05) is 6.07 Å². The largest absolute Gasteiger partial charge is 0.373 e. The highest BCUT2D eigenvalue weighted by atomic mass is 32.2. The van der Waals surface area contributed by atoms with Crippen molar-refractivity contribution in [2.75, 3.05) is 12.4 Å². The second kappa shape index (κ2) is 4.93. The second-order valence-electron chi connectivity index (χ2n) is 4.14. The van der Waals surface area contributed by atoms with Crippen LogP contribution in [0.3, 0.4) is 0 Å². The summed E-state index contributed by atoms with van der Waals surface area (Å²) < 4.78 is 0. The first-order valence-corrected chi connectivity index (χ1v) is 6.71. The molecule has 1 amide bonds. The quantitative estimate of drug-likeness (QED) is 0.732. The molecule has 0 spiro atoms. The minimum absolute atomic E-state index is 0.154. The van der Waals surface area contributed by atoms with Crippen molar-refractivity contribution in [2.45, 2.75) is 0 Å². The number of amides is 1. The molecule has 0 bridgehead atoms. The van der Waals surface area contributed by atoms with Gasteiger partial charge < -0.3 is 10.6 Å². The van der Waals surface area contributed by atoms with Gasteiger partial charge in [0.15, 0.2) is 5.17 Å². The van der Waals surface area contributed by atoms with Crippen LogP contribution in [-0.2, 0) is 4.79 Å². The van der Waals surface area contributed by atoms with Crippen LogP contribution in [0.4, 0.5) is 5.82 Å². The Morgan fingerprint density at radius 3 is 2.95 bits per heavy atom. The predicted molar refractivity (Wildman–Crippen MR) is 80.5 cm³/mol. The Bertz CT molecular complexity index is 756. The maximum absolute atomic E-state index is 11.6. The third kappa shape index (κ3) is 2.23. The summed E-state index contributed by atoms with van der Waals surface area (Å²) in [5.74, 6) is 0.504. The topological polar surface area (TPSA) is 90.8 Å². The van der Waals surface area contributed by atoms with Gasteiger partial charge in [-0.15, -0.1) is 0 Å². The Balaban J connectivity index is 2.07. The summed E-state index contributed by atoms with van der Waals surface area (Å²) in [5, 5.41) is 13.9. The maximum Gasteiger partial charge on any atom is 0.264 e. The van der Waals surface area contributed by atoms with Crippen molar-refractivity contribution in [3.8, 4) is 0 Å². The number of hydrogen-bond acceptors (Lipinski definition) is 6. The summed E-state index contributed by atoms with van der Waals surface area (Å²) in [7, 11) is 1.80. The summed E-state index contributed by atoms with van der Waals surface area (Å²) in [6, 6.07) is 5.69. The molecule has 1 aliphatic rings. The monoisotopic (exact) mass is 285 g/mol. The molecule has 6 nitrogen and oxygen atoms in total. The van der Waals surface area contributed by atoms with E-state index in [9.17, 15) is 4.79 Å². The average molecular weight is 285 g/mol. The summed E-state index contributed by atoms with van der Waals surface area (Å²) >= 11 is 1.12. The summed E-state index contributed by atoms with van der Waals surface area (Å²) in [6.45, 7) is 0. The number of thioether (sulfide) groups is 1. The van der Waals surface area contributed by atoms with Gasteiger partial charge >= 0.3 is 0 Å². The number of fused-ring (bicyclic) bond motifs is 1. The van der Waals surface area contributed by atoms with E-state index in [2.05, 4.69) is 20.6 Å². The van der Waals surface area contributed by atoms with Gasteiger partial charge in [0.1, 0.15) is 12.1 Å². The Morgan fingerprint density at radius 1 is 1.40 bits per heavy atom. The van der Waals surface area contributed by atoms with E-state index in [0.717, 1.165) is 34.0 Å². The van der Waals surface area contributed by atoms with Gasteiger partial charge in [0.25, 0.3) is 5.91 Å². The van der Waals surface area contributed by atoms with Gasteiger partial charge in [-0.05, 0) is 35.5 Å². The lowest BCUT2D eigenvalue weighted by molar-refractivity contribution is -0.115. The molecule has 0 unspecified atom stereocenters. The first-order chi connectivity index (χ1) is 9.67. The van der Waals surface area contributed by atoms with E-state index in [1.54, 1.807) is 13.1 Å². The Labute approximate surface area is 119 Å². The number of anilines is 1. The van der Waals surface area contributed by atoms with E-state index in [1.807, 2.05) is 18.2 Å². The van der Waals surface area contributed by atoms with Crippen molar-refractivity contribution < 1.29 is 4.79 Å². The van der Waals surface area contributed by atoms with Gasteiger partial charge in [0.2, 0.25) is 0 Å². The van der Waals surface area contributed by atoms with Gasteiger partial charge in [-0.25, -0.2) is 9.97 Å². The molecule has 100 valence electrons. The van der Waals surface area contributed by atoms with E-state index in [0.29, 0.717) is 4.91 Å². The fourth-order valence-corrected chi connectivity index (χ4v) is 2.66. The average Bonchev–Trinajstić information content (AvgIpc) is 2.76. The van der Waals surface area contributed by atoms with E-state index in [1.165, 1.54) is 6.33 Å². The van der Waals surface area contributed by atoms with Crippen molar-refractivity contribution in [1.29, 1.82) is 5.41 Å². The molecule has 20 heavy (non-hydrogen) atoms. The van der Waals surface area contributed by atoms with Gasteiger partial charge in [0.05, 0.1) is 10.4 Å². The lowest BCUT2D eigenvalue weighted by atomic mass is 10.1. The molecule has 3 rings (SSSR count). The van der Waals surface area contributed by atoms with Crippen LogP contribution in [0, 0.1) is 5.41 Å². The standard InChI is InChI=1S/C13H11N5OS/c1-15-11-8-4-7(2-3-9(8)16-6-17-11)5-10-12(19)18-13(14)20-10/h2-6H,1H3,(H2,14,18,19)(H,15,16,17)/b10-5+. The summed E-state index contributed by atoms with van der Waals surface area (Å²) in [4.78, 5) is 20.5. The molecular formula is C13H11N5OS. The van der Waals surface area contributed by atoms with Crippen LogP contribution in [0.5, 0.6) is 0 Å². The van der Waals surface area contributed by atoms with Crippen molar-refractivity contribution in [2.24, 2.45) is 0 Å². The van der Waals surface area contributed by atoms with Crippen molar-refractivity contribution in [1.82, 2.24) is 15.3 Å². The number of benzene rings is 1. The van der Waals surface area contributed by atoms with E-state index >= 15 is 0 Å². The Hall–Kier alpha value is -2.41. The molecule has 1 aromatic heterocycles. The molecule has 1 aromatic carbocycles. The molecule has 0 radical (unpaired) electrons. The maximum atomic E-state index is 11.6. The molecule has 0 aliphatic carbocycles. The smallest absolute Gasteiger partial charge is 0.264 e. The lowest BCUT2D eigenvalue weighted by Gasteiger charge is -2.04. The molecule has 7 heteroatoms. The van der Waals surface area contributed by atoms with Crippen LogP contribution in [-0.4, -0.2) is 28.1 Å². The number of nitrogens with zero attached hydrogens (tertiary/aromatic N) is 2. The van der Waals surface area contributed by atoms with Gasteiger partial charge in [0, 0.05) is 12.4 Å². The highest BCUT2D eigenvalue weighted by molar-refractivity contribution is 8.18. The third-order valence-electron chi connectivity index (χ3n) is 2.86. The number of carbonyl (C=O) groups is 1. The number of rotatable bonds is 2. The molecule has 2 aromatic rings. The van der Waals surface area contributed by atoms with E-state index in [4.69, 9.17) is 5.41 Å². The van der Waals surface area contributed by atoms with Crippen molar-refractivity contribution in [3.63, 3.8) is 0 Å². The predicted octanol–water partition coefficient (Wildman–Crippen LogP) is 1.81. The van der Waals surface area contributed by atoms with Crippen LogP contribution >= 0.6 is 11.8 Å². The first-order valence-electron chi connectivity index (χ1n) is 5.89. The van der Waals surface area contributed by atoms with E-state index in [-0.39, 0.29) is 11.1 Å². The molecule has 1 fully saturated rings. The molecule has 1 aliphatic heterocycles. The lowest BCUT2D eigenvalue weighted by Crippen LogP contribution is -2.18. The molecule has 0 saturated carbocycles. The molecule has 1 saturated heterocycles. The van der Waals surface area contributed by atoms with Crippen LogP contribution in [0.2, 0.25) is 0 Å². The van der Waals surface area contributed by atoms with Crippen LogP contribution in [0.25, 0.3) is 17.0 Å². The number of nitrogens with one attached hydrogen (secondary N) is 3. The minimum atomic E-state index is -0.238. The number of amidine groups is 1. The van der Waals surface area contributed by atoms with Crippen molar-refractivity contribution >= 4 is 45.6 Å². The number of carbonyl (C=O) groups excluding carboxylic acids is 1. The molecule has 0 atom stereocenters. The summed E-state index contributed by atoms with van der Waals surface area (Å²) in [5.41, 5.74) is 1.71. The number of aromatic nitrogens is 2. The van der Waals surface area contributed by atoms with Crippen LogP contribution in [0.15, 0.2) is 29.4 Å².